The van der Waals surface area contributed by atoms with Gasteiger partial charge in [0.25, 0.3) is 0 Å². The van der Waals surface area contributed by atoms with Crippen LogP contribution in [0.1, 0.15) is 86.0 Å². The second kappa shape index (κ2) is 7.00. The predicted octanol–water partition coefficient (Wildman–Crippen LogP) is 5.61. The van der Waals surface area contributed by atoms with Crippen molar-refractivity contribution in [1.82, 2.24) is 0 Å². The number of aliphatic carboxylic acids is 1. The number of hydrogen-bond donors (Lipinski definition) is 2. The van der Waals surface area contributed by atoms with Gasteiger partial charge in [-0.1, -0.05) is 47.5 Å². The SMILES string of the molecule is CC[C@H]1[C@@H](O)[C@@H]2[C@H](CC[C@]3(C)[C@@H]([C@H](C)C(=O)O)CC[C@@H]23)[C@@]2(C)CC[C@@H](C)C[C@@H]12. The topological polar surface area (TPSA) is 57.5 Å². The zero-order valence-electron chi connectivity index (χ0n) is 18.7. The minimum atomic E-state index is -0.641. The van der Waals surface area contributed by atoms with Crippen molar-refractivity contribution in [3.8, 4) is 0 Å². The number of carbonyl (C=O) groups is 1. The molecule has 0 radical (unpaired) electrons. The Kier molecular flexibility index (Phi) is 5.17. The van der Waals surface area contributed by atoms with E-state index in [0.717, 1.165) is 31.6 Å². The van der Waals surface area contributed by atoms with Gasteiger partial charge in [-0.05, 0) is 90.8 Å². The van der Waals surface area contributed by atoms with Crippen molar-refractivity contribution in [2.75, 3.05) is 0 Å². The van der Waals surface area contributed by atoms with Gasteiger partial charge in [-0.2, -0.15) is 0 Å². The Morgan fingerprint density at radius 1 is 1.04 bits per heavy atom. The highest BCUT2D eigenvalue weighted by Crippen LogP contribution is 2.69. The molecule has 0 heterocycles. The molecule has 4 saturated carbocycles. The number of aliphatic hydroxyl groups is 1. The van der Waals surface area contributed by atoms with Crippen molar-refractivity contribution in [2.45, 2.75) is 92.1 Å². The van der Waals surface area contributed by atoms with Crippen LogP contribution < -0.4 is 0 Å². The summed E-state index contributed by atoms with van der Waals surface area (Å²) in [7, 11) is 0. The molecule has 0 aromatic carbocycles. The van der Waals surface area contributed by atoms with Crippen molar-refractivity contribution in [1.29, 1.82) is 0 Å². The van der Waals surface area contributed by atoms with Gasteiger partial charge in [0.2, 0.25) is 0 Å². The molecule has 3 heteroatoms. The molecule has 2 N–H and O–H groups in total. The van der Waals surface area contributed by atoms with Gasteiger partial charge in [0.15, 0.2) is 0 Å². The van der Waals surface area contributed by atoms with E-state index < -0.39 is 5.97 Å². The van der Waals surface area contributed by atoms with Gasteiger partial charge in [-0.15, -0.1) is 0 Å². The van der Waals surface area contributed by atoms with E-state index in [2.05, 4.69) is 27.7 Å². The van der Waals surface area contributed by atoms with E-state index in [1.165, 1.54) is 25.7 Å². The summed E-state index contributed by atoms with van der Waals surface area (Å²) in [6.45, 7) is 11.5. The first-order chi connectivity index (χ1) is 13.1. The first-order valence-corrected chi connectivity index (χ1v) is 12.1. The fourth-order valence-corrected chi connectivity index (χ4v) is 9.21. The molecule has 28 heavy (non-hydrogen) atoms. The third-order valence-corrected chi connectivity index (χ3v) is 10.7. The van der Waals surface area contributed by atoms with Crippen molar-refractivity contribution in [2.24, 2.45) is 58.2 Å². The summed E-state index contributed by atoms with van der Waals surface area (Å²) in [5.41, 5.74) is 0.457. The molecule has 0 spiro atoms. The number of fused-ring (bicyclic) bond motifs is 5. The average molecular weight is 391 g/mol. The lowest BCUT2D eigenvalue weighted by molar-refractivity contribution is -0.199. The van der Waals surface area contributed by atoms with Crippen molar-refractivity contribution >= 4 is 5.97 Å². The Hall–Kier alpha value is -0.570. The van der Waals surface area contributed by atoms with Crippen LogP contribution in [-0.2, 0) is 4.79 Å². The molecule has 4 rings (SSSR count). The summed E-state index contributed by atoms with van der Waals surface area (Å²) in [6, 6.07) is 0. The quantitative estimate of drug-likeness (QED) is 0.658. The molecule has 3 nitrogen and oxygen atoms in total. The van der Waals surface area contributed by atoms with Crippen molar-refractivity contribution in [3.05, 3.63) is 0 Å². The van der Waals surface area contributed by atoms with Gasteiger partial charge in [0.05, 0.1) is 12.0 Å². The smallest absolute Gasteiger partial charge is 0.306 e. The van der Waals surface area contributed by atoms with Gasteiger partial charge in [-0.3, -0.25) is 4.79 Å². The van der Waals surface area contributed by atoms with E-state index in [-0.39, 0.29) is 23.4 Å². The summed E-state index contributed by atoms with van der Waals surface area (Å²) < 4.78 is 0. The molecule has 11 atom stereocenters. The Labute approximate surface area is 171 Å². The number of rotatable bonds is 3. The summed E-state index contributed by atoms with van der Waals surface area (Å²) in [5, 5.41) is 21.4. The summed E-state index contributed by atoms with van der Waals surface area (Å²) in [5.74, 6) is 2.73. The molecule has 0 bridgehead atoms. The molecule has 0 unspecified atom stereocenters. The number of aliphatic hydroxyl groups excluding tert-OH is 1. The number of hydrogen-bond acceptors (Lipinski definition) is 2. The maximum absolute atomic E-state index is 11.8. The molecule has 4 aliphatic carbocycles. The highest BCUT2D eigenvalue weighted by Gasteiger charge is 2.65. The van der Waals surface area contributed by atoms with Crippen LogP contribution in [0.4, 0.5) is 0 Å². The van der Waals surface area contributed by atoms with Crippen LogP contribution in [0.15, 0.2) is 0 Å². The normalized spacial score (nSPS) is 54.4. The monoisotopic (exact) mass is 390 g/mol. The van der Waals surface area contributed by atoms with E-state index in [9.17, 15) is 15.0 Å². The minimum absolute atomic E-state index is 0.0867. The third kappa shape index (κ3) is 2.74. The first kappa shape index (κ1) is 20.7. The lowest BCUT2D eigenvalue weighted by Crippen LogP contribution is -2.61. The van der Waals surface area contributed by atoms with Crippen LogP contribution in [0, 0.1) is 58.2 Å². The van der Waals surface area contributed by atoms with Gasteiger partial charge in [0, 0.05) is 0 Å². The highest BCUT2D eigenvalue weighted by atomic mass is 16.4. The largest absolute Gasteiger partial charge is 0.481 e. The standard InChI is InChI=1S/C25H42O3/c1-6-16-20-13-14(2)9-11-25(20,5)19-10-12-24(4)17(15(3)23(27)28)7-8-18(24)21(19)22(16)26/h14-22,26H,6-13H2,1-5H3,(H,27,28)/t14-,15+,16-,17-,18+,19+,20+,21+,22-,24-,25-/m1/s1. The Morgan fingerprint density at radius 3 is 2.32 bits per heavy atom. The molecule has 4 aliphatic rings. The maximum Gasteiger partial charge on any atom is 0.306 e. The van der Waals surface area contributed by atoms with Crippen LogP contribution in [-0.4, -0.2) is 22.3 Å². The molecular weight excluding hydrogens is 348 g/mol. The fourth-order valence-electron chi connectivity index (χ4n) is 9.21. The molecule has 4 fully saturated rings. The van der Waals surface area contributed by atoms with Gasteiger partial charge >= 0.3 is 5.97 Å². The Morgan fingerprint density at radius 2 is 1.68 bits per heavy atom. The van der Waals surface area contributed by atoms with Gasteiger partial charge in [0.1, 0.15) is 0 Å². The highest BCUT2D eigenvalue weighted by molar-refractivity contribution is 5.70. The summed E-state index contributed by atoms with van der Waals surface area (Å²) in [4.78, 5) is 11.8. The molecule has 0 saturated heterocycles. The first-order valence-electron chi connectivity index (χ1n) is 12.1. The minimum Gasteiger partial charge on any atom is -0.481 e. The van der Waals surface area contributed by atoms with Crippen LogP contribution in [0.5, 0.6) is 0 Å². The lowest BCUT2D eigenvalue weighted by atomic mass is 9.41. The summed E-state index contributed by atoms with van der Waals surface area (Å²) in [6.07, 6.45) is 9.32. The van der Waals surface area contributed by atoms with Crippen LogP contribution in [0.3, 0.4) is 0 Å². The number of carboxylic acid groups (broad SMARTS) is 1. The zero-order chi connectivity index (χ0) is 20.4. The van der Waals surface area contributed by atoms with Crippen LogP contribution in [0.25, 0.3) is 0 Å². The van der Waals surface area contributed by atoms with E-state index in [1.54, 1.807) is 0 Å². The van der Waals surface area contributed by atoms with Crippen LogP contribution >= 0.6 is 0 Å². The second-order valence-corrected chi connectivity index (χ2v) is 11.7. The average Bonchev–Trinajstić information content (AvgIpc) is 3.00. The molecular formula is C25H42O3. The molecule has 0 aromatic heterocycles. The molecule has 0 aliphatic heterocycles. The van der Waals surface area contributed by atoms with E-state index >= 15 is 0 Å². The third-order valence-electron chi connectivity index (χ3n) is 10.7. The van der Waals surface area contributed by atoms with E-state index in [0.29, 0.717) is 35.0 Å². The second-order valence-electron chi connectivity index (χ2n) is 11.7. The number of carboxylic acids is 1. The van der Waals surface area contributed by atoms with Crippen LogP contribution in [0.2, 0.25) is 0 Å². The lowest BCUT2D eigenvalue weighted by Gasteiger charge is -2.65. The van der Waals surface area contributed by atoms with Gasteiger partial charge < -0.3 is 10.2 Å². The van der Waals surface area contributed by atoms with Crippen molar-refractivity contribution in [3.63, 3.8) is 0 Å². The molecule has 0 aromatic rings. The summed E-state index contributed by atoms with van der Waals surface area (Å²) >= 11 is 0. The molecule has 160 valence electrons. The predicted molar refractivity (Wildman–Crippen MR) is 112 cm³/mol. The fraction of sp³-hybridized carbons (Fsp3) is 0.960. The Balaban J connectivity index is 1.69. The molecule has 0 amide bonds. The maximum atomic E-state index is 11.8. The Bertz CT molecular complexity index is 617. The van der Waals surface area contributed by atoms with E-state index in [1.807, 2.05) is 6.92 Å². The van der Waals surface area contributed by atoms with Gasteiger partial charge in [-0.25, -0.2) is 0 Å². The van der Waals surface area contributed by atoms with E-state index in [4.69, 9.17) is 0 Å². The zero-order valence-corrected chi connectivity index (χ0v) is 18.7. The van der Waals surface area contributed by atoms with Crippen molar-refractivity contribution < 1.29 is 15.0 Å².